The average molecular weight is 699 g/mol. The van der Waals surface area contributed by atoms with Gasteiger partial charge in [-0.3, -0.25) is 19.3 Å². The van der Waals surface area contributed by atoms with Crippen LogP contribution in [-0.2, 0) is 34.6 Å². The fourth-order valence-electron chi connectivity index (χ4n) is 6.92. The lowest BCUT2D eigenvalue weighted by Crippen LogP contribution is -2.63. The third kappa shape index (κ3) is 6.84. The highest BCUT2D eigenvalue weighted by atomic mass is 19.1. The number of hydrogen-bond acceptors (Lipinski definition) is 7. The summed E-state index contributed by atoms with van der Waals surface area (Å²) in [4.78, 5) is 44.0. The fraction of sp³-hybridized carbons (Fsp3) is 0.342. The lowest BCUT2D eigenvalue weighted by Gasteiger charge is -2.52. The number of carbonyl (C=O) groups excluding carboxylic acids is 3. The number of aromatic nitrogens is 1. The van der Waals surface area contributed by atoms with Crippen LogP contribution in [0.1, 0.15) is 48.0 Å². The number of hydrogen-bond donors (Lipinski definition) is 2. The second-order valence-electron chi connectivity index (χ2n) is 13.3. The van der Waals surface area contributed by atoms with Crippen molar-refractivity contribution in [1.82, 2.24) is 19.7 Å². The number of amides is 3. The molecule has 0 aliphatic carbocycles. The topological polar surface area (TPSA) is 108 Å². The van der Waals surface area contributed by atoms with Crippen LogP contribution in [0.15, 0.2) is 72.8 Å². The molecule has 11 nitrogen and oxygen atoms in total. The standard InChI is InChI=1S/C38H40F2N6O5/c1-43(2)37(49)27-19-31(39)30(32(40)20-27)22-45-13-14-46-33(11-12-34(46)38(45)23-51-24-38)36(48)41-21-25-3-7-28(8-4-25)42-35(47)26-5-9-29(10-6-26)44-15-17-50-18-16-44/h3-12,19-20H,13-18,21-24H2,1-2H3,(H,41,48)(H,42,47). The molecule has 0 radical (unpaired) electrons. The molecule has 3 amide bonds. The lowest BCUT2D eigenvalue weighted by atomic mass is 9.88. The lowest BCUT2D eigenvalue weighted by molar-refractivity contribution is -0.163. The molecule has 1 spiro atoms. The molecule has 0 unspecified atom stereocenters. The van der Waals surface area contributed by atoms with Gasteiger partial charge in [0.15, 0.2) is 0 Å². The second kappa shape index (κ2) is 14.3. The summed E-state index contributed by atoms with van der Waals surface area (Å²) in [6.07, 6.45) is 0. The van der Waals surface area contributed by atoms with Gasteiger partial charge in [0.2, 0.25) is 0 Å². The Labute approximate surface area is 294 Å². The second-order valence-corrected chi connectivity index (χ2v) is 13.3. The molecule has 1 aromatic heterocycles. The molecule has 0 saturated carbocycles. The minimum atomic E-state index is -0.776. The maximum atomic E-state index is 15.2. The largest absolute Gasteiger partial charge is 0.378 e. The van der Waals surface area contributed by atoms with Crippen LogP contribution in [0.5, 0.6) is 0 Å². The molecule has 3 aliphatic heterocycles. The van der Waals surface area contributed by atoms with E-state index < -0.39 is 23.1 Å². The van der Waals surface area contributed by atoms with Gasteiger partial charge in [-0.1, -0.05) is 12.1 Å². The van der Waals surface area contributed by atoms with Crippen molar-refractivity contribution in [3.8, 4) is 0 Å². The molecule has 3 aliphatic rings. The Bertz CT molecular complexity index is 1910. The van der Waals surface area contributed by atoms with Crippen molar-refractivity contribution in [3.05, 3.63) is 118 Å². The Morgan fingerprint density at radius 2 is 1.49 bits per heavy atom. The number of benzene rings is 3. The van der Waals surface area contributed by atoms with Crippen molar-refractivity contribution in [3.63, 3.8) is 0 Å². The summed E-state index contributed by atoms with van der Waals surface area (Å²) < 4.78 is 43.3. The molecule has 2 saturated heterocycles. The van der Waals surface area contributed by atoms with Gasteiger partial charge >= 0.3 is 0 Å². The van der Waals surface area contributed by atoms with E-state index in [1.807, 2.05) is 51.9 Å². The van der Waals surface area contributed by atoms with E-state index in [1.165, 1.54) is 19.0 Å². The summed E-state index contributed by atoms with van der Waals surface area (Å²) >= 11 is 0. The van der Waals surface area contributed by atoms with Gasteiger partial charge in [-0.2, -0.15) is 0 Å². The van der Waals surface area contributed by atoms with Gasteiger partial charge in [-0.15, -0.1) is 0 Å². The Morgan fingerprint density at radius 3 is 2.12 bits per heavy atom. The van der Waals surface area contributed by atoms with E-state index >= 15 is 8.78 Å². The minimum Gasteiger partial charge on any atom is -0.378 e. The van der Waals surface area contributed by atoms with Gasteiger partial charge in [-0.05, 0) is 66.2 Å². The van der Waals surface area contributed by atoms with E-state index in [-0.39, 0.29) is 36.0 Å². The number of halogens is 2. The molecule has 2 fully saturated rings. The van der Waals surface area contributed by atoms with E-state index in [0.717, 1.165) is 42.2 Å². The summed E-state index contributed by atoms with van der Waals surface area (Å²) in [6.45, 7) is 4.83. The molecule has 266 valence electrons. The summed E-state index contributed by atoms with van der Waals surface area (Å²) in [5.74, 6) is -2.49. The fourth-order valence-corrected chi connectivity index (χ4v) is 6.92. The van der Waals surface area contributed by atoms with Gasteiger partial charge in [0, 0.05) is 87.1 Å². The highest BCUT2D eigenvalue weighted by Gasteiger charge is 2.50. The number of ether oxygens (including phenoxy) is 2. The van der Waals surface area contributed by atoms with Crippen LogP contribution in [0.3, 0.4) is 0 Å². The maximum Gasteiger partial charge on any atom is 0.268 e. The smallest absolute Gasteiger partial charge is 0.268 e. The van der Waals surface area contributed by atoms with E-state index in [0.29, 0.717) is 56.5 Å². The normalized spacial score (nSPS) is 16.7. The van der Waals surface area contributed by atoms with Crippen LogP contribution in [-0.4, -0.2) is 92.2 Å². The monoisotopic (exact) mass is 698 g/mol. The first kappa shape index (κ1) is 34.3. The van der Waals surface area contributed by atoms with Crippen LogP contribution >= 0.6 is 0 Å². The average Bonchev–Trinajstić information content (AvgIpc) is 3.56. The number of anilines is 2. The minimum absolute atomic E-state index is 0.0121. The molecule has 3 aromatic carbocycles. The molecule has 4 heterocycles. The molecule has 0 atom stereocenters. The van der Waals surface area contributed by atoms with Gasteiger partial charge in [-0.25, -0.2) is 8.78 Å². The summed E-state index contributed by atoms with van der Waals surface area (Å²) in [5, 5.41) is 5.91. The summed E-state index contributed by atoms with van der Waals surface area (Å²) in [5.41, 5.74) is 3.66. The van der Waals surface area contributed by atoms with Crippen molar-refractivity contribution in [1.29, 1.82) is 0 Å². The van der Waals surface area contributed by atoms with Crippen molar-refractivity contribution < 1.29 is 32.6 Å². The molecule has 51 heavy (non-hydrogen) atoms. The number of nitrogens with zero attached hydrogens (tertiary/aromatic N) is 4. The Balaban J connectivity index is 0.964. The summed E-state index contributed by atoms with van der Waals surface area (Å²) in [6, 6.07) is 20.6. The van der Waals surface area contributed by atoms with Crippen molar-refractivity contribution >= 4 is 29.1 Å². The molecular weight excluding hydrogens is 658 g/mol. The molecule has 7 rings (SSSR count). The first-order chi connectivity index (χ1) is 24.6. The van der Waals surface area contributed by atoms with Crippen molar-refractivity contribution in [2.45, 2.75) is 25.2 Å². The quantitative estimate of drug-likeness (QED) is 0.270. The Kier molecular flexibility index (Phi) is 9.60. The zero-order valence-corrected chi connectivity index (χ0v) is 28.6. The van der Waals surface area contributed by atoms with Gasteiger partial charge in [0.05, 0.1) is 26.4 Å². The SMILES string of the molecule is CN(C)C(=O)c1cc(F)c(CN2CCn3c(C(=O)NCc4ccc(NC(=O)c5ccc(N6CCOCC6)cc5)cc4)ccc3C23COC3)c(F)c1. The Hall–Kier alpha value is -5.11. The highest BCUT2D eigenvalue weighted by molar-refractivity contribution is 6.04. The van der Waals surface area contributed by atoms with E-state index in [4.69, 9.17) is 9.47 Å². The molecule has 2 N–H and O–H groups in total. The first-order valence-corrected chi connectivity index (χ1v) is 17.0. The Morgan fingerprint density at radius 1 is 0.804 bits per heavy atom. The molecule has 4 aromatic rings. The number of fused-ring (bicyclic) bond motifs is 2. The molecule has 0 bridgehead atoms. The van der Waals surface area contributed by atoms with Gasteiger partial charge in [0.25, 0.3) is 17.7 Å². The maximum absolute atomic E-state index is 15.2. The predicted molar refractivity (Wildman–Crippen MR) is 187 cm³/mol. The van der Waals surface area contributed by atoms with Crippen LogP contribution in [0.4, 0.5) is 20.2 Å². The van der Waals surface area contributed by atoms with Crippen molar-refractivity contribution in [2.75, 3.05) is 70.4 Å². The summed E-state index contributed by atoms with van der Waals surface area (Å²) in [7, 11) is 3.05. The van der Waals surface area contributed by atoms with E-state index in [1.54, 1.807) is 18.2 Å². The number of morpholine rings is 1. The number of carbonyl (C=O) groups is 3. The van der Waals surface area contributed by atoms with Gasteiger partial charge in [0.1, 0.15) is 22.9 Å². The number of nitrogens with one attached hydrogen (secondary N) is 2. The first-order valence-electron chi connectivity index (χ1n) is 17.0. The van der Waals surface area contributed by atoms with Crippen LogP contribution in [0, 0.1) is 11.6 Å². The highest BCUT2D eigenvalue weighted by Crippen LogP contribution is 2.41. The van der Waals surface area contributed by atoms with Crippen LogP contribution in [0.25, 0.3) is 0 Å². The zero-order valence-electron chi connectivity index (χ0n) is 28.6. The van der Waals surface area contributed by atoms with E-state index in [2.05, 4.69) is 15.5 Å². The number of rotatable bonds is 9. The van der Waals surface area contributed by atoms with Crippen LogP contribution < -0.4 is 15.5 Å². The third-order valence-corrected chi connectivity index (χ3v) is 9.88. The van der Waals surface area contributed by atoms with E-state index in [9.17, 15) is 14.4 Å². The van der Waals surface area contributed by atoms with Crippen LogP contribution in [0.2, 0.25) is 0 Å². The van der Waals surface area contributed by atoms with Gasteiger partial charge < -0.3 is 34.5 Å². The molecular formula is C38H40F2N6O5. The zero-order chi connectivity index (χ0) is 35.7. The van der Waals surface area contributed by atoms with Crippen molar-refractivity contribution in [2.24, 2.45) is 0 Å². The third-order valence-electron chi connectivity index (χ3n) is 9.88. The molecule has 13 heteroatoms. The predicted octanol–water partition coefficient (Wildman–Crippen LogP) is 4.23.